The number of amides is 1. The van der Waals surface area contributed by atoms with Crippen LogP contribution < -0.4 is 10.2 Å². The molecule has 4 heteroatoms. The molecule has 0 unspecified atom stereocenters. The molecule has 1 aliphatic heterocycles. The van der Waals surface area contributed by atoms with E-state index in [0.717, 1.165) is 37.2 Å². The number of nitrogens with one attached hydrogen (secondary N) is 1. The number of ether oxygens (including phenoxy) is 1. The van der Waals surface area contributed by atoms with Gasteiger partial charge in [0.25, 0.3) is 0 Å². The molecule has 1 fully saturated rings. The Morgan fingerprint density at radius 1 is 1.35 bits per heavy atom. The lowest BCUT2D eigenvalue weighted by Crippen LogP contribution is -2.33. The third-order valence-electron chi connectivity index (χ3n) is 3.81. The first-order chi connectivity index (χ1) is 9.68. The first-order valence-corrected chi connectivity index (χ1v) is 7.33. The summed E-state index contributed by atoms with van der Waals surface area (Å²) in [5.41, 5.74) is 2.09. The summed E-state index contributed by atoms with van der Waals surface area (Å²) in [4.78, 5) is 13.9. The van der Waals surface area contributed by atoms with Crippen molar-refractivity contribution in [3.63, 3.8) is 0 Å². The highest BCUT2D eigenvalue weighted by molar-refractivity contribution is 5.93. The quantitative estimate of drug-likeness (QED) is 0.895. The van der Waals surface area contributed by atoms with Crippen molar-refractivity contribution in [2.24, 2.45) is 0 Å². The molecule has 0 bridgehead atoms. The normalized spacial score (nSPS) is 16.1. The summed E-state index contributed by atoms with van der Waals surface area (Å²) in [5.74, 6) is 0.105. The molecule has 20 heavy (non-hydrogen) atoms. The van der Waals surface area contributed by atoms with Gasteiger partial charge in [0.15, 0.2) is 0 Å². The molecule has 0 saturated carbocycles. The molecule has 0 spiro atoms. The van der Waals surface area contributed by atoms with Gasteiger partial charge in [0.05, 0.1) is 19.1 Å². The largest absolute Gasteiger partial charge is 0.378 e. The maximum absolute atomic E-state index is 12.2. The summed E-state index contributed by atoms with van der Waals surface area (Å²) in [5, 5.41) is 3.30. The molecule has 0 aliphatic carbocycles. The first-order valence-electron chi connectivity index (χ1n) is 7.33. The van der Waals surface area contributed by atoms with Crippen LogP contribution in [0.25, 0.3) is 0 Å². The van der Waals surface area contributed by atoms with Gasteiger partial charge in [0.1, 0.15) is 0 Å². The summed E-state index contributed by atoms with van der Waals surface area (Å²) in [6, 6.07) is 7.93. The molecule has 1 aromatic carbocycles. The van der Waals surface area contributed by atoms with Crippen molar-refractivity contribution >= 4 is 11.6 Å². The molecule has 110 valence electrons. The van der Waals surface area contributed by atoms with E-state index >= 15 is 0 Å². The molecule has 2 rings (SSSR count). The van der Waals surface area contributed by atoms with Crippen molar-refractivity contribution in [2.45, 2.75) is 32.3 Å². The van der Waals surface area contributed by atoms with Crippen LogP contribution in [-0.2, 0) is 9.53 Å². The number of carbonyl (C=O) groups is 1. The minimum Gasteiger partial charge on any atom is -0.378 e. The number of nitrogens with zero attached hydrogens (tertiary/aromatic N) is 1. The average molecular weight is 276 g/mol. The Bertz CT molecular complexity index is 442. The molecule has 1 aliphatic rings. The minimum absolute atomic E-state index is 0.105. The second kappa shape index (κ2) is 7.41. The predicted octanol–water partition coefficient (Wildman–Crippen LogP) is 2.12. The lowest BCUT2D eigenvalue weighted by Gasteiger charge is -2.24. The Kier molecular flexibility index (Phi) is 5.56. The Labute approximate surface area is 121 Å². The zero-order valence-corrected chi connectivity index (χ0v) is 12.4. The van der Waals surface area contributed by atoms with Crippen LogP contribution in [0.5, 0.6) is 0 Å². The highest BCUT2D eigenvalue weighted by Gasteiger charge is 2.16. The van der Waals surface area contributed by atoms with Gasteiger partial charge in [-0.3, -0.25) is 4.79 Å². The second-order valence-corrected chi connectivity index (χ2v) is 5.31. The maximum atomic E-state index is 12.2. The van der Waals surface area contributed by atoms with Crippen LogP contribution in [0.4, 0.5) is 5.69 Å². The molecule has 0 atom stereocenters. The van der Waals surface area contributed by atoms with E-state index in [1.807, 2.05) is 38.2 Å². The second-order valence-electron chi connectivity index (χ2n) is 5.31. The van der Waals surface area contributed by atoms with Crippen LogP contribution >= 0.6 is 0 Å². The van der Waals surface area contributed by atoms with E-state index in [9.17, 15) is 4.79 Å². The monoisotopic (exact) mass is 276 g/mol. The van der Waals surface area contributed by atoms with E-state index < -0.39 is 0 Å². The zero-order chi connectivity index (χ0) is 14.4. The van der Waals surface area contributed by atoms with Crippen molar-refractivity contribution in [3.8, 4) is 0 Å². The van der Waals surface area contributed by atoms with E-state index in [1.165, 1.54) is 0 Å². The van der Waals surface area contributed by atoms with Gasteiger partial charge in [0.2, 0.25) is 5.91 Å². The lowest BCUT2D eigenvalue weighted by molar-refractivity contribution is -0.120. The summed E-state index contributed by atoms with van der Waals surface area (Å²) in [7, 11) is 1.83. The van der Waals surface area contributed by atoms with Crippen molar-refractivity contribution in [1.29, 1.82) is 0 Å². The summed E-state index contributed by atoms with van der Waals surface area (Å²) >= 11 is 0. The highest BCUT2D eigenvalue weighted by Crippen LogP contribution is 2.18. The number of hydrogen-bond donors (Lipinski definition) is 1. The van der Waals surface area contributed by atoms with Crippen LogP contribution in [0, 0.1) is 6.92 Å². The topological polar surface area (TPSA) is 41.6 Å². The molecular formula is C16H24N2O2. The van der Waals surface area contributed by atoms with Gasteiger partial charge < -0.3 is 15.0 Å². The van der Waals surface area contributed by atoms with Gasteiger partial charge in [-0.15, -0.1) is 0 Å². The van der Waals surface area contributed by atoms with Gasteiger partial charge in [-0.25, -0.2) is 0 Å². The Balaban J connectivity index is 1.78. The maximum Gasteiger partial charge on any atom is 0.229 e. The standard InChI is InChI=1S/C16H24N2O2/c1-13-5-3-4-6-15(13)18(2)16(19)9-12-20-14-7-10-17-11-8-14/h3-6,14,17H,7-12H2,1-2H3. The summed E-state index contributed by atoms with van der Waals surface area (Å²) in [6.45, 7) is 4.56. The molecule has 1 aromatic rings. The van der Waals surface area contributed by atoms with Crippen LogP contribution in [0.15, 0.2) is 24.3 Å². The average Bonchev–Trinajstić information content (AvgIpc) is 2.48. The SMILES string of the molecule is Cc1ccccc1N(C)C(=O)CCOC1CCNCC1. The van der Waals surface area contributed by atoms with E-state index in [1.54, 1.807) is 4.90 Å². The van der Waals surface area contributed by atoms with Gasteiger partial charge in [-0.05, 0) is 44.5 Å². The van der Waals surface area contributed by atoms with Gasteiger partial charge >= 0.3 is 0 Å². The van der Waals surface area contributed by atoms with Crippen LogP contribution in [0.1, 0.15) is 24.8 Å². The van der Waals surface area contributed by atoms with Crippen LogP contribution in [0.2, 0.25) is 0 Å². The van der Waals surface area contributed by atoms with E-state index in [-0.39, 0.29) is 5.91 Å². The molecular weight excluding hydrogens is 252 g/mol. The van der Waals surface area contributed by atoms with E-state index in [2.05, 4.69) is 5.32 Å². The van der Waals surface area contributed by atoms with Crippen LogP contribution in [-0.4, -0.2) is 38.8 Å². The highest BCUT2D eigenvalue weighted by atomic mass is 16.5. The number of anilines is 1. The Hall–Kier alpha value is -1.39. The number of rotatable bonds is 5. The first kappa shape index (κ1) is 15.0. The summed E-state index contributed by atoms with van der Waals surface area (Å²) in [6.07, 6.45) is 2.84. The number of aryl methyl sites for hydroxylation is 1. The van der Waals surface area contributed by atoms with Crippen LogP contribution in [0.3, 0.4) is 0 Å². The Morgan fingerprint density at radius 3 is 2.75 bits per heavy atom. The van der Waals surface area contributed by atoms with Crippen molar-refractivity contribution < 1.29 is 9.53 Å². The molecule has 1 amide bonds. The molecule has 4 nitrogen and oxygen atoms in total. The molecule has 0 aromatic heterocycles. The third kappa shape index (κ3) is 4.05. The zero-order valence-electron chi connectivity index (χ0n) is 12.4. The number of benzene rings is 1. The number of piperidine rings is 1. The fourth-order valence-corrected chi connectivity index (χ4v) is 2.52. The van der Waals surface area contributed by atoms with E-state index in [4.69, 9.17) is 4.74 Å². The lowest BCUT2D eigenvalue weighted by atomic mass is 10.1. The molecule has 1 N–H and O–H groups in total. The van der Waals surface area contributed by atoms with Crippen molar-refractivity contribution in [2.75, 3.05) is 31.6 Å². The molecule has 0 radical (unpaired) electrons. The molecule has 1 saturated heterocycles. The number of hydrogen-bond acceptors (Lipinski definition) is 3. The summed E-state index contributed by atoms with van der Waals surface area (Å²) < 4.78 is 5.78. The number of carbonyl (C=O) groups excluding carboxylic acids is 1. The van der Waals surface area contributed by atoms with E-state index in [0.29, 0.717) is 19.1 Å². The van der Waals surface area contributed by atoms with Gasteiger partial charge in [-0.1, -0.05) is 18.2 Å². The fraction of sp³-hybridized carbons (Fsp3) is 0.562. The third-order valence-corrected chi connectivity index (χ3v) is 3.81. The Morgan fingerprint density at radius 2 is 2.05 bits per heavy atom. The van der Waals surface area contributed by atoms with Gasteiger partial charge in [-0.2, -0.15) is 0 Å². The smallest absolute Gasteiger partial charge is 0.229 e. The number of para-hydroxylation sites is 1. The molecule has 1 heterocycles. The van der Waals surface area contributed by atoms with Crippen molar-refractivity contribution in [1.82, 2.24) is 5.32 Å². The predicted molar refractivity (Wildman–Crippen MR) is 81.0 cm³/mol. The minimum atomic E-state index is 0.105. The van der Waals surface area contributed by atoms with Crippen molar-refractivity contribution in [3.05, 3.63) is 29.8 Å². The fourth-order valence-electron chi connectivity index (χ4n) is 2.52. The van der Waals surface area contributed by atoms with Gasteiger partial charge in [0, 0.05) is 12.7 Å².